The fourth-order valence-electron chi connectivity index (χ4n) is 8.87. The number of fused-ring (bicyclic) bond motifs is 5. The van der Waals surface area contributed by atoms with Crippen LogP contribution in [-0.4, -0.2) is 43.7 Å². The SMILES string of the molecule is CC(CCC(=O)O)[C@H]1CC[C@]2(O)[C@]3(O)CC[C@@H]4CC[C@@H](O)C[C@]4(C)C3CC[C@]12C. The molecule has 2 unspecified atom stereocenters. The second-order valence-corrected chi connectivity index (χ2v) is 11.5. The fraction of sp³-hybridized carbons (Fsp3) is 0.958. The van der Waals surface area contributed by atoms with E-state index >= 15 is 0 Å². The summed E-state index contributed by atoms with van der Waals surface area (Å²) in [6, 6.07) is 0. The number of hydrogen-bond acceptors (Lipinski definition) is 4. The van der Waals surface area contributed by atoms with Crippen molar-refractivity contribution in [2.75, 3.05) is 0 Å². The highest BCUT2D eigenvalue weighted by Gasteiger charge is 2.74. The summed E-state index contributed by atoms with van der Waals surface area (Å²) < 4.78 is 0. The van der Waals surface area contributed by atoms with Crippen LogP contribution in [0.5, 0.6) is 0 Å². The Kier molecular flexibility index (Phi) is 5.16. The summed E-state index contributed by atoms with van der Waals surface area (Å²) in [5, 5.41) is 43.8. The molecule has 4 rings (SSSR count). The maximum Gasteiger partial charge on any atom is 0.303 e. The minimum atomic E-state index is -1.12. The van der Waals surface area contributed by atoms with Crippen LogP contribution in [0, 0.1) is 34.5 Å². The predicted octanol–water partition coefficient (Wildman–Crippen LogP) is 3.74. The summed E-state index contributed by atoms with van der Waals surface area (Å²) in [4.78, 5) is 11.1. The zero-order valence-electron chi connectivity index (χ0n) is 18.4. The molecule has 0 aromatic rings. The molecule has 5 heteroatoms. The molecule has 5 nitrogen and oxygen atoms in total. The van der Waals surface area contributed by atoms with E-state index in [1.807, 2.05) is 0 Å². The number of carboxylic acid groups (broad SMARTS) is 1. The summed E-state index contributed by atoms with van der Waals surface area (Å²) in [7, 11) is 0. The molecule has 0 bridgehead atoms. The number of aliphatic carboxylic acids is 1. The molecule has 166 valence electrons. The van der Waals surface area contributed by atoms with Crippen molar-refractivity contribution in [2.24, 2.45) is 34.5 Å². The molecule has 0 radical (unpaired) electrons. The predicted molar refractivity (Wildman–Crippen MR) is 110 cm³/mol. The van der Waals surface area contributed by atoms with Gasteiger partial charge in [-0.05, 0) is 93.3 Å². The molecule has 29 heavy (non-hydrogen) atoms. The van der Waals surface area contributed by atoms with Crippen LogP contribution in [-0.2, 0) is 4.79 Å². The Morgan fingerprint density at radius 1 is 1.03 bits per heavy atom. The van der Waals surface area contributed by atoms with E-state index in [2.05, 4.69) is 20.8 Å². The Labute approximate surface area is 174 Å². The van der Waals surface area contributed by atoms with E-state index in [1.165, 1.54) is 0 Å². The van der Waals surface area contributed by atoms with E-state index in [4.69, 9.17) is 5.11 Å². The van der Waals surface area contributed by atoms with Gasteiger partial charge in [0.15, 0.2) is 0 Å². The molecule has 0 amide bonds. The van der Waals surface area contributed by atoms with Crippen molar-refractivity contribution in [3.8, 4) is 0 Å². The van der Waals surface area contributed by atoms with Crippen LogP contribution in [0.4, 0.5) is 0 Å². The summed E-state index contributed by atoms with van der Waals surface area (Å²) in [6.07, 6.45) is 7.89. The molecule has 0 heterocycles. The van der Waals surface area contributed by atoms with Crippen molar-refractivity contribution >= 4 is 5.97 Å². The Morgan fingerprint density at radius 3 is 2.45 bits per heavy atom. The summed E-state index contributed by atoms with van der Waals surface area (Å²) in [6.45, 7) is 6.53. The maximum absolute atomic E-state index is 12.2. The third-order valence-corrected chi connectivity index (χ3v) is 10.5. The third kappa shape index (κ3) is 2.86. The van der Waals surface area contributed by atoms with E-state index in [9.17, 15) is 20.1 Å². The van der Waals surface area contributed by atoms with E-state index in [0.29, 0.717) is 25.2 Å². The number of aliphatic hydroxyl groups excluding tert-OH is 1. The maximum atomic E-state index is 12.2. The van der Waals surface area contributed by atoms with Crippen molar-refractivity contribution in [1.29, 1.82) is 0 Å². The van der Waals surface area contributed by atoms with Crippen molar-refractivity contribution in [2.45, 2.75) is 109 Å². The number of hydrogen-bond donors (Lipinski definition) is 4. The minimum Gasteiger partial charge on any atom is -0.481 e. The lowest BCUT2D eigenvalue weighted by Crippen LogP contribution is -2.73. The Morgan fingerprint density at radius 2 is 1.76 bits per heavy atom. The largest absolute Gasteiger partial charge is 0.481 e. The second kappa shape index (κ2) is 6.93. The van der Waals surface area contributed by atoms with Crippen LogP contribution in [0.1, 0.15) is 91.4 Å². The molecule has 0 saturated heterocycles. The zero-order valence-corrected chi connectivity index (χ0v) is 18.4. The molecule has 4 N–H and O–H groups in total. The molecular weight excluding hydrogens is 368 g/mol. The van der Waals surface area contributed by atoms with Crippen molar-refractivity contribution in [1.82, 2.24) is 0 Å². The van der Waals surface area contributed by atoms with Gasteiger partial charge in [-0.1, -0.05) is 20.8 Å². The Hall–Kier alpha value is -0.650. The monoisotopic (exact) mass is 408 g/mol. The first kappa shape index (κ1) is 21.6. The highest BCUT2D eigenvalue weighted by molar-refractivity contribution is 5.66. The highest BCUT2D eigenvalue weighted by Crippen LogP contribution is 2.71. The molecule has 4 fully saturated rings. The molecule has 4 aliphatic rings. The van der Waals surface area contributed by atoms with Gasteiger partial charge in [-0.25, -0.2) is 0 Å². The lowest BCUT2D eigenvalue weighted by Gasteiger charge is -2.67. The van der Waals surface area contributed by atoms with Gasteiger partial charge in [0.1, 0.15) is 0 Å². The van der Waals surface area contributed by atoms with E-state index in [-0.39, 0.29) is 41.1 Å². The minimum absolute atomic E-state index is 0.0230. The van der Waals surface area contributed by atoms with Gasteiger partial charge in [-0.15, -0.1) is 0 Å². The number of rotatable bonds is 4. The summed E-state index contributed by atoms with van der Waals surface area (Å²) in [5.74, 6) is 0.235. The third-order valence-electron chi connectivity index (χ3n) is 10.5. The molecule has 4 aliphatic carbocycles. The van der Waals surface area contributed by atoms with Gasteiger partial charge < -0.3 is 20.4 Å². The molecule has 9 atom stereocenters. The standard InChI is InChI=1S/C24H40O5/c1-15(4-7-20(26)27)18-9-13-24(29)22(18,3)11-10-19-21(2)14-17(25)6-5-16(21)8-12-23(19,24)28/h15-19,25,28-29H,4-14H2,1-3H3,(H,26,27)/t15?,16-,17+,18+,19?,21-,22+,23-,24+/m0/s1. The zero-order chi connectivity index (χ0) is 21.2. The van der Waals surface area contributed by atoms with E-state index in [1.54, 1.807) is 0 Å². The van der Waals surface area contributed by atoms with Crippen molar-refractivity contribution in [3.63, 3.8) is 0 Å². The normalized spacial score (nSPS) is 52.9. The second-order valence-electron chi connectivity index (χ2n) is 11.5. The Bertz CT molecular complexity index is 666. The average molecular weight is 409 g/mol. The first-order chi connectivity index (χ1) is 13.5. The smallest absolute Gasteiger partial charge is 0.303 e. The topological polar surface area (TPSA) is 98.0 Å². The lowest BCUT2D eigenvalue weighted by molar-refractivity contribution is -0.300. The molecule has 0 aromatic carbocycles. The van der Waals surface area contributed by atoms with Crippen LogP contribution in [0.15, 0.2) is 0 Å². The summed E-state index contributed by atoms with van der Waals surface area (Å²) >= 11 is 0. The van der Waals surface area contributed by atoms with Gasteiger partial charge in [-0.2, -0.15) is 0 Å². The number of carboxylic acids is 1. The van der Waals surface area contributed by atoms with Gasteiger partial charge in [0.05, 0.1) is 17.3 Å². The first-order valence-corrected chi connectivity index (χ1v) is 11.8. The van der Waals surface area contributed by atoms with Crippen LogP contribution < -0.4 is 0 Å². The summed E-state index contributed by atoms with van der Waals surface area (Å²) in [5.41, 5.74) is -2.73. The van der Waals surface area contributed by atoms with E-state index < -0.39 is 17.2 Å². The van der Waals surface area contributed by atoms with Crippen LogP contribution in [0.2, 0.25) is 0 Å². The molecule has 4 saturated carbocycles. The van der Waals surface area contributed by atoms with Crippen molar-refractivity contribution in [3.05, 3.63) is 0 Å². The van der Waals surface area contributed by atoms with Gasteiger partial charge in [0, 0.05) is 11.8 Å². The number of carbonyl (C=O) groups is 1. The van der Waals surface area contributed by atoms with Crippen LogP contribution >= 0.6 is 0 Å². The first-order valence-electron chi connectivity index (χ1n) is 11.8. The quantitative estimate of drug-likeness (QED) is 0.568. The lowest BCUT2D eigenvalue weighted by atomic mass is 9.41. The van der Waals surface area contributed by atoms with E-state index in [0.717, 1.165) is 44.9 Å². The fourth-order valence-corrected chi connectivity index (χ4v) is 8.87. The van der Waals surface area contributed by atoms with Gasteiger partial charge in [-0.3, -0.25) is 4.79 Å². The highest BCUT2D eigenvalue weighted by atomic mass is 16.4. The Balaban J connectivity index is 1.65. The molecule has 0 spiro atoms. The van der Waals surface area contributed by atoms with Crippen LogP contribution in [0.3, 0.4) is 0 Å². The van der Waals surface area contributed by atoms with Gasteiger partial charge >= 0.3 is 5.97 Å². The average Bonchev–Trinajstić information content (AvgIpc) is 2.92. The molecule has 0 aromatic heterocycles. The number of aliphatic hydroxyl groups is 3. The molecular formula is C24H40O5. The van der Waals surface area contributed by atoms with Gasteiger partial charge in [0.25, 0.3) is 0 Å². The van der Waals surface area contributed by atoms with Gasteiger partial charge in [0.2, 0.25) is 0 Å². The molecule has 0 aliphatic heterocycles. The van der Waals surface area contributed by atoms with Crippen molar-refractivity contribution < 1.29 is 25.2 Å². The van der Waals surface area contributed by atoms with Crippen LogP contribution in [0.25, 0.3) is 0 Å².